The van der Waals surface area contributed by atoms with Crippen LogP contribution in [-0.4, -0.2) is 19.3 Å². The molecule has 0 amide bonds. The van der Waals surface area contributed by atoms with Gasteiger partial charge < -0.3 is 9.47 Å². The van der Waals surface area contributed by atoms with Gasteiger partial charge >= 0.3 is 0 Å². The first kappa shape index (κ1) is 10.4. The summed E-state index contributed by atoms with van der Waals surface area (Å²) >= 11 is 2.34. The molecule has 1 saturated heterocycles. The minimum atomic E-state index is 0.160. The number of hydrogen-bond acceptors (Lipinski definition) is 2. The van der Waals surface area contributed by atoms with E-state index in [1.165, 1.54) is 9.13 Å². The van der Waals surface area contributed by atoms with Crippen molar-refractivity contribution in [3.05, 3.63) is 33.4 Å². The maximum absolute atomic E-state index is 5.70. The number of rotatable bonds is 4. The molecule has 1 fully saturated rings. The van der Waals surface area contributed by atoms with Gasteiger partial charge in [0.2, 0.25) is 0 Å². The molecule has 0 spiro atoms. The van der Waals surface area contributed by atoms with Crippen LogP contribution in [-0.2, 0) is 9.47 Å². The molecule has 0 aliphatic carbocycles. The highest BCUT2D eigenvalue weighted by Crippen LogP contribution is 2.23. The summed E-state index contributed by atoms with van der Waals surface area (Å²) in [6.45, 7) is 3.66. The molecule has 0 aromatic heterocycles. The van der Waals surface area contributed by atoms with Gasteiger partial charge in [-0.1, -0.05) is 18.2 Å². The first-order chi connectivity index (χ1) is 6.77. The van der Waals surface area contributed by atoms with Gasteiger partial charge in [0.15, 0.2) is 0 Å². The fourth-order valence-corrected chi connectivity index (χ4v) is 2.14. The average molecular weight is 304 g/mol. The molecule has 1 aromatic rings. The molecule has 2 atom stereocenters. The Morgan fingerprint density at radius 3 is 2.93 bits per heavy atom. The Balaban J connectivity index is 1.95. The zero-order valence-electron chi connectivity index (χ0n) is 8.07. The fraction of sp³-hybridized carbons (Fsp3) is 0.455. The third kappa shape index (κ3) is 2.68. The van der Waals surface area contributed by atoms with E-state index in [-0.39, 0.29) is 6.10 Å². The van der Waals surface area contributed by atoms with E-state index in [9.17, 15) is 0 Å². The summed E-state index contributed by atoms with van der Waals surface area (Å²) in [7, 11) is 0. The third-order valence-corrected chi connectivity index (χ3v) is 3.26. The van der Waals surface area contributed by atoms with Crippen molar-refractivity contribution >= 4 is 22.6 Å². The zero-order valence-corrected chi connectivity index (χ0v) is 10.2. The molecule has 3 heteroatoms. The van der Waals surface area contributed by atoms with Gasteiger partial charge in [0.05, 0.1) is 19.3 Å². The van der Waals surface area contributed by atoms with Gasteiger partial charge in [0.25, 0.3) is 0 Å². The predicted octanol–water partition coefficient (Wildman–Crippen LogP) is 2.77. The van der Waals surface area contributed by atoms with Crippen molar-refractivity contribution < 1.29 is 9.47 Å². The lowest BCUT2D eigenvalue weighted by Gasteiger charge is -2.13. The first-order valence-corrected chi connectivity index (χ1v) is 5.83. The lowest BCUT2D eigenvalue weighted by atomic mass is 10.1. The van der Waals surface area contributed by atoms with Crippen LogP contribution in [0, 0.1) is 3.57 Å². The van der Waals surface area contributed by atoms with E-state index in [1.54, 1.807) is 0 Å². The van der Waals surface area contributed by atoms with Crippen molar-refractivity contribution in [2.45, 2.75) is 19.1 Å². The molecule has 0 bridgehead atoms. The Labute approximate surface area is 97.7 Å². The van der Waals surface area contributed by atoms with Gasteiger partial charge in [-0.15, -0.1) is 0 Å². The number of benzene rings is 1. The first-order valence-electron chi connectivity index (χ1n) is 4.75. The molecule has 0 radical (unpaired) electrons. The van der Waals surface area contributed by atoms with Crippen molar-refractivity contribution in [3.8, 4) is 0 Å². The molecule has 1 aliphatic heterocycles. The Morgan fingerprint density at radius 2 is 2.29 bits per heavy atom. The summed E-state index contributed by atoms with van der Waals surface area (Å²) in [4.78, 5) is 0. The lowest BCUT2D eigenvalue weighted by molar-refractivity contribution is 0.0535. The average Bonchev–Trinajstić information content (AvgIpc) is 2.98. The highest BCUT2D eigenvalue weighted by molar-refractivity contribution is 14.1. The van der Waals surface area contributed by atoms with Crippen LogP contribution < -0.4 is 0 Å². The monoisotopic (exact) mass is 304 g/mol. The number of ether oxygens (including phenoxy) is 2. The van der Waals surface area contributed by atoms with Gasteiger partial charge in [-0.25, -0.2) is 0 Å². The molecule has 2 nitrogen and oxygen atoms in total. The largest absolute Gasteiger partial charge is 0.371 e. The molecule has 0 unspecified atom stereocenters. The minimum absolute atomic E-state index is 0.160. The summed E-state index contributed by atoms with van der Waals surface area (Å²) < 4.78 is 12.1. The fourth-order valence-electron chi connectivity index (χ4n) is 1.31. The second kappa shape index (κ2) is 4.59. The predicted molar refractivity (Wildman–Crippen MR) is 63.3 cm³/mol. The summed E-state index contributed by atoms with van der Waals surface area (Å²) in [6, 6.07) is 8.30. The quantitative estimate of drug-likeness (QED) is 0.630. The Bertz CT molecular complexity index is 310. The van der Waals surface area contributed by atoms with Gasteiger partial charge in [-0.05, 0) is 41.1 Å². The SMILES string of the molecule is C[C@@H](OC[C@H]1CO1)c1ccccc1I. The molecule has 1 heterocycles. The van der Waals surface area contributed by atoms with Crippen molar-refractivity contribution in [1.29, 1.82) is 0 Å². The summed E-state index contributed by atoms with van der Waals surface area (Å²) in [5.74, 6) is 0. The molecule has 1 aliphatic rings. The highest BCUT2D eigenvalue weighted by Gasteiger charge is 2.23. The maximum atomic E-state index is 5.70. The van der Waals surface area contributed by atoms with Crippen LogP contribution >= 0.6 is 22.6 Å². The van der Waals surface area contributed by atoms with E-state index in [0.29, 0.717) is 12.7 Å². The molecule has 0 N–H and O–H groups in total. The van der Waals surface area contributed by atoms with Crippen LogP contribution in [0.5, 0.6) is 0 Å². The van der Waals surface area contributed by atoms with Crippen LogP contribution in [0.15, 0.2) is 24.3 Å². The van der Waals surface area contributed by atoms with Gasteiger partial charge in [-0.2, -0.15) is 0 Å². The second-order valence-corrected chi connectivity index (χ2v) is 4.61. The number of halogens is 1. The van der Waals surface area contributed by atoms with Crippen LogP contribution in [0.25, 0.3) is 0 Å². The summed E-state index contributed by atoms with van der Waals surface area (Å²) in [5.41, 5.74) is 1.26. The Morgan fingerprint density at radius 1 is 1.57 bits per heavy atom. The number of epoxide rings is 1. The second-order valence-electron chi connectivity index (χ2n) is 3.45. The van der Waals surface area contributed by atoms with E-state index in [0.717, 1.165) is 6.61 Å². The van der Waals surface area contributed by atoms with E-state index < -0.39 is 0 Å². The summed E-state index contributed by atoms with van der Waals surface area (Å²) in [5, 5.41) is 0. The summed E-state index contributed by atoms with van der Waals surface area (Å²) in [6.07, 6.45) is 0.506. The number of hydrogen-bond donors (Lipinski definition) is 0. The molecule has 1 aromatic carbocycles. The highest BCUT2D eigenvalue weighted by atomic mass is 127. The zero-order chi connectivity index (χ0) is 9.97. The Kier molecular flexibility index (Phi) is 3.41. The van der Waals surface area contributed by atoms with E-state index in [4.69, 9.17) is 9.47 Å². The third-order valence-electron chi connectivity index (χ3n) is 2.28. The van der Waals surface area contributed by atoms with E-state index in [1.807, 2.05) is 12.1 Å². The molecule has 76 valence electrons. The van der Waals surface area contributed by atoms with E-state index >= 15 is 0 Å². The van der Waals surface area contributed by atoms with Crippen LogP contribution in [0.3, 0.4) is 0 Å². The van der Waals surface area contributed by atoms with E-state index in [2.05, 4.69) is 41.6 Å². The van der Waals surface area contributed by atoms with Gasteiger partial charge in [0.1, 0.15) is 6.10 Å². The minimum Gasteiger partial charge on any atom is -0.371 e. The maximum Gasteiger partial charge on any atom is 0.104 e. The normalized spacial score (nSPS) is 22.0. The molecular formula is C11H13IO2. The molecular weight excluding hydrogens is 291 g/mol. The van der Waals surface area contributed by atoms with Crippen molar-refractivity contribution in [2.24, 2.45) is 0 Å². The molecule has 2 rings (SSSR count). The van der Waals surface area contributed by atoms with Gasteiger partial charge in [-0.3, -0.25) is 0 Å². The molecule has 14 heavy (non-hydrogen) atoms. The molecule has 0 saturated carbocycles. The Hall–Kier alpha value is -0.130. The standard InChI is InChI=1S/C11H13IO2/c1-8(13-6-9-7-14-9)10-4-2-3-5-11(10)12/h2-5,8-9H,6-7H2,1H3/t8-,9+/m1/s1. The van der Waals surface area contributed by atoms with Crippen LogP contribution in [0.2, 0.25) is 0 Å². The lowest BCUT2D eigenvalue weighted by Crippen LogP contribution is -2.07. The topological polar surface area (TPSA) is 21.8 Å². The van der Waals surface area contributed by atoms with Crippen LogP contribution in [0.4, 0.5) is 0 Å². The smallest absolute Gasteiger partial charge is 0.104 e. The van der Waals surface area contributed by atoms with Crippen molar-refractivity contribution in [3.63, 3.8) is 0 Å². The van der Waals surface area contributed by atoms with Crippen molar-refractivity contribution in [1.82, 2.24) is 0 Å². The van der Waals surface area contributed by atoms with Crippen LogP contribution in [0.1, 0.15) is 18.6 Å². The van der Waals surface area contributed by atoms with Gasteiger partial charge in [0, 0.05) is 3.57 Å². The van der Waals surface area contributed by atoms with Crippen molar-refractivity contribution in [2.75, 3.05) is 13.2 Å².